The van der Waals surface area contributed by atoms with Crippen LogP contribution in [-0.2, 0) is 43.1 Å². The van der Waals surface area contributed by atoms with Gasteiger partial charge in [0, 0.05) is 51.4 Å². The van der Waals surface area contributed by atoms with Crippen molar-refractivity contribution in [1.82, 2.24) is 19.9 Å². The second-order valence-corrected chi connectivity index (χ2v) is 14.0. The third kappa shape index (κ3) is 9.27. The number of sulfone groups is 1. The minimum atomic E-state index is -3.51. The van der Waals surface area contributed by atoms with Crippen LogP contribution in [0.2, 0.25) is 0 Å². The summed E-state index contributed by atoms with van der Waals surface area (Å²) in [7, 11) is 1.18. The number of primary amides is 1. The number of alkyl halides is 1. The molecule has 0 spiro atoms. The number of hydrogen-bond acceptors (Lipinski definition) is 8. The van der Waals surface area contributed by atoms with Gasteiger partial charge >= 0.3 is 5.91 Å². The average Bonchev–Trinajstić information content (AvgIpc) is 3.73. The Kier molecular flexibility index (Phi) is 11.8. The monoisotopic (exact) mass is 739 g/mol. The quantitative estimate of drug-likeness (QED) is 0.0623. The van der Waals surface area contributed by atoms with Crippen LogP contribution in [0.5, 0.6) is 0 Å². The predicted molar refractivity (Wildman–Crippen MR) is 188 cm³/mol. The predicted octanol–water partition coefficient (Wildman–Crippen LogP) is 1.34. The average molecular weight is 740 g/mol. The Labute approximate surface area is 298 Å². The fourth-order valence-electron chi connectivity index (χ4n) is 5.07. The van der Waals surface area contributed by atoms with E-state index >= 15 is 0 Å². The van der Waals surface area contributed by atoms with Crippen LogP contribution in [0.25, 0.3) is 6.08 Å². The molecule has 2 aromatic heterocycles. The highest BCUT2D eigenvalue weighted by Crippen LogP contribution is 2.27. The zero-order valence-corrected chi connectivity index (χ0v) is 29.4. The van der Waals surface area contributed by atoms with Crippen LogP contribution < -0.4 is 27.1 Å². The molecule has 0 saturated heterocycles. The van der Waals surface area contributed by atoms with Gasteiger partial charge in [-0.25, -0.2) is 8.42 Å². The number of hydrogen-bond donors (Lipinski definition) is 5. The van der Waals surface area contributed by atoms with Gasteiger partial charge in [0.15, 0.2) is 15.6 Å². The Hall–Kier alpha value is -5.78. The van der Waals surface area contributed by atoms with Crippen LogP contribution in [0.15, 0.2) is 83.3 Å². The Morgan fingerprint density at radius 2 is 1.51 bits per heavy atom. The number of halogens is 1. The molecule has 1 aliphatic rings. The zero-order chi connectivity index (χ0) is 37.5. The van der Waals surface area contributed by atoms with E-state index in [9.17, 15) is 37.2 Å². The highest BCUT2D eigenvalue weighted by Gasteiger charge is 2.39. The van der Waals surface area contributed by atoms with Gasteiger partial charge in [0.2, 0.25) is 11.6 Å². The van der Waals surface area contributed by atoms with Crippen LogP contribution in [0, 0.1) is 0 Å². The number of nitrogens with zero attached hydrogens (tertiary/aromatic N) is 3. The first-order valence-electron chi connectivity index (χ1n) is 15.2. The smallest absolute Gasteiger partial charge is 0.312 e. The van der Waals surface area contributed by atoms with Gasteiger partial charge in [-0.1, -0.05) is 18.2 Å². The molecular weight excluding hydrogens is 704 g/mol. The summed E-state index contributed by atoms with van der Waals surface area (Å²) >= 11 is 5.57. The first-order valence-corrected chi connectivity index (χ1v) is 17.4. The van der Waals surface area contributed by atoms with Gasteiger partial charge in [0.05, 0.1) is 27.6 Å². The maximum absolute atomic E-state index is 13.5. The number of quaternary nitrogens is 1. The lowest BCUT2D eigenvalue weighted by molar-refractivity contribution is -0.849. The van der Waals surface area contributed by atoms with Gasteiger partial charge in [-0.15, -0.1) is 11.6 Å². The summed E-state index contributed by atoms with van der Waals surface area (Å²) < 4.78 is 26.9. The van der Waals surface area contributed by atoms with Gasteiger partial charge in [0.25, 0.3) is 18.2 Å². The summed E-state index contributed by atoms with van der Waals surface area (Å²) in [5.74, 6) is -2.95. The van der Waals surface area contributed by atoms with Crippen molar-refractivity contribution in [2.45, 2.75) is 11.3 Å². The lowest BCUT2D eigenvalue weighted by atomic mass is 10.1. The standard InChI is InChI=1S/C33H35ClN8O8S/c1-40-17-23(15-26(40)31(46)36-12-10-30(35)45)38-32(47)27-16-24(18-41(27)2)39-33(48)28-14-22(19-42(28,3)37-20-43)29(44)9-6-21-4-7-25(8-5-21)51(49,50)13-11-34/h4-9,14-20H,10-13H2,1-3H3,(H5-,35,36,37,38,39,43,45,46,47,48)/p+1. The maximum atomic E-state index is 13.5. The van der Waals surface area contributed by atoms with Crippen molar-refractivity contribution >= 4 is 74.7 Å². The minimum absolute atomic E-state index is 0.00604. The lowest BCUT2D eigenvalue weighted by Gasteiger charge is -2.25. The van der Waals surface area contributed by atoms with Crippen LogP contribution in [0.3, 0.4) is 0 Å². The second kappa shape index (κ2) is 15.8. The van der Waals surface area contributed by atoms with Gasteiger partial charge in [-0.05, 0) is 35.9 Å². The molecule has 18 heteroatoms. The zero-order valence-electron chi connectivity index (χ0n) is 27.8. The maximum Gasteiger partial charge on any atom is 0.312 e. The summed E-state index contributed by atoms with van der Waals surface area (Å²) in [5, 5.41) is 7.96. The Morgan fingerprint density at radius 3 is 2.08 bits per heavy atom. The van der Waals surface area contributed by atoms with Gasteiger partial charge in [-0.2, -0.15) is 10.0 Å². The second-order valence-electron chi connectivity index (χ2n) is 11.5. The number of anilines is 2. The fraction of sp³-hybridized carbons (Fsp3) is 0.212. The molecule has 0 aliphatic carbocycles. The molecule has 0 radical (unpaired) electrons. The topological polar surface area (TPSA) is 221 Å². The molecule has 0 bridgehead atoms. The first kappa shape index (κ1) is 38.0. The van der Waals surface area contributed by atoms with Gasteiger partial charge in [0.1, 0.15) is 24.6 Å². The summed E-state index contributed by atoms with van der Waals surface area (Å²) in [6.07, 6.45) is 8.84. The van der Waals surface area contributed by atoms with Crippen LogP contribution in [-0.4, -0.2) is 83.2 Å². The van der Waals surface area contributed by atoms with Crippen molar-refractivity contribution in [3.05, 3.63) is 95.4 Å². The summed E-state index contributed by atoms with van der Waals surface area (Å²) in [6.45, 7) is 0.0618. The van der Waals surface area contributed by atoms with Gasteiger partial charge < -0.3 is 30.8 Å². The SMILES string of the molecule is Cn1cc(NC(=O)c2cc(NC(=O)C3=CC(C(=O)C=Cc4ccc(S(=O)(=O)CCCl)cc4)=C[N+]3(C)NC=O)cn2C)cc1C(=O)NCCC(N)=O. The molecule has 1 aliphatic heterocycles. The third-order valence-electron chi connectivity index (χ3n) is 7.69. The van der Waals surface area contributed by atoms with E-state index in [4.69, 9.17) is 17.3 Å². The van der Waals surface area contributed by atoms with E-state index in [0.717, 1.165) is 0 Å². The van der Waals surface area contributed by atoms with Crippen molar-refractivity contribution in [1.29, 1.82) is 0 Å². The summed E-state index contributed by atoms with van der Waals surface area (Å²) in [6, 6.07) is 8.80. The molecule has 268 valence electrons. The van der Waals surface area contributed by atoms with E-state index < -0.39 is 43.8 Å². The van der Waals surface area contributed by atoms with Crippen LogP contribution in [0.1, 0.15) is 33.0 Å². The Balaban J connectivity index is 1.44. The number of nitrogens with one attached hydrogen (secondary N) is 4. The normalized spacial score (nSPS) is 15.5. The van der Waals surface area contributed by atoms with Gasteiger partial charge in [-0.3, -0.25) is 28.8 Å². The molecule has 1 atom stereocenters. The van der Waals surface area contributed by atoms with E-state index in [1.165, 1.54) is 89.4 Å². The first-order chi connectivity index (χ1) is 24.1. The number of aromatic nitrogens is 2. The van der Waals surface area contributed by atoms with Crippen LogP contribution >= 0.6 is 11.6 Å². The van der Waals surface area contributed by atoms with Crippen molar-refractivity contribution in [3.63, 3.8) is 0 Å². The Morgan fingerprint density at radius 1 is 0.922 bits per heavy atom. The molecule has 5 amide bonds. The number of allylic oxidation sites excluding steroid dienone is 3. The Bertz CT molecular complexity index is 2100. The molecule has 0 saturated carbocycles. The highest BCUT2D eigenvalue weighted by atomic mass is 35.5. The number of rotatable bonds is 16. The van der Waals surface area contributed by atoms with E-state index in [1.54, 1.807) is 14.1 Å². The van der Waals surface area contributed by atoms with E-state index in [2.05, 4.69) is 21.4 Å². The van der Waals surface area contributed by atoms with E-state index in [0.29, 0.717) is 17.7 Å². The molecule has 16 nitrogen and oxygen atoms in total. The van der Waals surface area contributed by atoms with E-state index in [1.807, 2.05) is 0 Å². The lowest BCUT2D eigenvalue weighted by Crippen LogP contribution is -2.50. The third-order valence-corrected chi connectivity index (χ3v) is 9.83. The molecule has 6 N–H and O–H groups in total. The van der Waals surface area contributed by atoms with Crippen molar-refractivity contribution in [2.75, 3.05) is 35.9 Å². The molecule has 0 fully saturated rings. The number of amides is 5. The number of likely N-dealkylation sites (N-methyl/N-ethyl adjacent to an activating group) is 1. The minimum Gasteiger partial charge on any atom is -0.370 e. The molecule has 1 aromatic carbocycles. The number of ketones is 1. The molecule has 3 heterocycles. The van der Waals surface area contributed by atoms with Crippen molar-refractivity contribution in [2.24, 2.45) is 19.8 Å². The summed E-state index contributed by atoms with van der Waals surface area (Å²) in [5.41, 5.74) is 9.21. The van der Waals surface area contributed by atoms with Crippen molar-refractivity contribution < 1.29 is 41.8 Å². The number of carbonyl (C=O) groups excluding carboxylic acids is 6. The molecule has 1 unspecified atom stereocenters. The number of benzene rings is 1. The largest absolute Gasteiger partial charge is 0.370 e. The highest BCUT2D eigenvalue weighted by molar-refractivity contribution is 7.91. The number of carbonyl (C=O) groups is 6. The number of aryl methyl sites for hydroxylation is 2. The fourth-order valence-corrected chi connectivity index (χ4v) is 6.66. The molecular formula is C33H36ClN8O8S+. The van der Waals surface area contributed by atoms with Crippen LogP contribution in [0.4, 0.5) is 11.4 Å². The summed E-state index contributed by atoms with van der Waals surface area (Å²) in [4.78, 5) is 74.7. The number of nitrogens with two attached hydrogens (primary N) is 1. The molecule has 3 aromatic rings. The van der Waals surface area contributed by atoms with E-state index in [-0.39, 0.29) is 57.8 Å². The van der Waals surface area contributed by atoms with Crippen molar-refractivity contribution in [3.8, 4) is 0 Å². The molecule has 51 heavy (non-hydrogen) atoms. The molecule has 4 rings (SSSR count).